The summed E-state index contributed by atoms with van der Waals surface area (Å²) in [6.07, 6.45) is 2.06. The second-order valence-electron chi connectivity index (χ2n) is 5.00. The topological polar surface area (TPSA) is 41.6 Å². The third kappa shape index (κ3) is 3.96. The van der Waals surface area contributed by atoms with E-state index in [-0.39, 0.29) is 18.1 Å². The minimum atomic E-state index is 0.000349. The lowest BCUT2D eigenvalue weighted by Crippen LogP contribution is -2.40. The Kier molecular flexibility index (Phi) is 5.92. The van der Waals surface area contributed by atoms with Crippen molar-refractivity contribution in [2.24, 2.45) is 5.92 Å². The van der Waals surface area contributed by atoms with Crippen molar-refractivity contribution < 1.29 is 9.53 Å². The summed E-state index contributed by atoms with van der Waals surface area (Å²) in [5, 5.41) is 3.42. The molecular formula is C13H26N2O2. The molecule has 1 fully saturated rings. The van der Waals surface area contributed by atoms with E-state index in [1.165, 1.54) is 0 Å². The first-order valence-corrected chi connectivity index (χ1v) is 6.74. The van der Waals surface area contributed by atoms with Crippen molar-refractivity contribution in [3.05, 3.63) is 0 Å². The minimum absolute atomic E-state index is 0.000349. The Morgan fingerprint density at radius 1 is 1.41 bits per heavy atom. The van der Waals surface area contributed by atoms with Gasteiger partial charge in [0.2, 0.25) is 5.91 Å². The van der Waals surface area contributed by atoms with E-state index in [2.05, 4.69) is 19.2 Å². The second kappa shape index (κ2) is 6.97. The molecule has 0 aromatic rings. The van der Waals surface area contributed by atoms with Crippen LogP contribution in [0.3, 0.4) is 0 Å². The summed E-state index contributed by atoms with van der Waals surface area (Å²) in [6.45, 7) is 10.4. The number of amides is 1. The van der Waals surface area contributed by atoms with E-state index >= 15 is 0 Å². The lowest BCUT2D eigenvalue weighted by molar-refractivity contribution is -0.130. The van der Waals surface area contributed by atoms with Gasteiger partial charge < -0.3 is 9.64 Å². The Balaban J connectivity index is 2.56. The maximum absolute atomic E-state index is 12.1. The van der Waals surface area contributed by atoms with Gasteiger partial charge in [-0.25, -0.2) is 0 Å². The first kappa shape index (κ1) is 14.5. The third-order valence-electron chi connectivity index (χ3n) is 3.13. The van der Waals surface area contributed by atoms with Crippen LogP contribution in [0.1, 0.15) is 40.5 Å². The zero-order valence-electron chi connectivity index (χ0n) is 11.5. The molecule has 1 heterocycles. The van der Waals surface area contributed by atoms with Gasteiger partial charge in [-0.1, -0.05) is 20.8 Å². The summed E-state index contributed by atoms with van der Waals surface area (Å²) in [6, 6.07) is 0.000349. The molecule has 4 nitrogen and oxygen atoms in total. The van der Waals surface area contributed by atoms with E-state index in [9.17, 15) is 4.79 Å². The number of carbonyl (C=O) groups is 1. The molecule has 2 unspecified atom stereocenters. The molecule has 100 valence electrons. The summed E-state index contributed by atoms with van der Waals surface area (Å²) < 4.78 is 5.34. The number of nitrogens with one attached hydrogen (secondary N) is 1. The van der Waals surface area contributed by atoms with Crippen molar-refractivity contribution in [2.75, 3.05) is 19.8 Å². The molecule has 0 aromatic carbocycles. The van der Waals surface area contributed by atoms with E-state index in [4.69, 9.17) is 4.74 Å². The van der Waals surface area contributed by atoms with Crippen LogP contribution >= 0.6 is 0 Å². The monoisotopic (exact) mass is 242 g/mol. The zero-order chi connectivity index (χ0) is 12.8. The van der Waals surface area contributed by atoms with Crippen LogP contribution in [0.2, 0.25) is 0 Å². The molecule has 1 amide bonds. The molecular weight excluding hydrogens is 216 g/mol. The average molecular weight is 242 g/mol. The molecule has 0 radical (unpaired) electrons. The minimum Gasteiger partial charge on any atom is -0.380 e. The molecule has 1 saturated heterocycles. The molecule has 1 aliphatic rings. The van der Waals surface area contributed by atoms with Gasteiger partial charge in [-0.2, -0.15) is 0 Å². The summed E-state index contributed by atoms with van der Waals surface area (Å²) in [5.74, 6) is 0.823. The van der Waals surface area contributed by atoms with Gasteiger partial charge in [-0.3, -0.25) is 10.1 Å². The van der Waals surface area contributed by atoms with Crippen LogP contribution in [0, 0.1) is 5.92 Å². The highest BCUT2D eigenvalue weighted by Crippen LogP contribution is 2.18. The summed E-state index contributed by atoms with van der Waals surface area (Å²) in [4.78, 5) is 14.1. The van der Waals surface area contributed by atoms with E-state index in [0.717, 1.165) is 12.8 Å². The third-order valence-corrected chi connectivity index (χ3v) is 3.13. The van der Waals surface area contributed by atoms with Gasteiger partial charge in [0.05, 0.1) is 18.8 Å². The molecule has 0 spiro atoms. The van der Waals surface area contributed by atoms with Crippen LogP contribution in [-0.4, -0.2) is 42.8 Å². The highest BCUT2D eigenvalue weighted by atomic mass is 16.5. The number of ether oxygens (including phenoxy) is 1. The Morgan fingerprint density at radius 2 is 2.12 bits per heavy atom. The Labute approximate surface area is 105 Å². The number of hydrogen-bond donors (Lipinski definition) is 1. The summed E-state index contributed by atoms with van der Waals surface area (Å²) in [5.41, 5.74) is 0. The molecule has 1 N–H and O–H groups in total. The van der Waals surface area contributed by atoms with E-state index in [1.54, 1.807) is 0 Å². The highest BCUT2D eigenvalue weighted by molar-refractivity contribution is 5.84. The largest absolute Gasteiger partial charge is 0.380 e. The van der Waals surface area contributed by atoms with Crippen LogP contribution in [0.4, 0.5) is 0 Å². The first-order chi connectivity index (χ1) is 8.10. The summed E-state index contributed by atoms with van der Waals surface area (Å²) in [7, 11) is 0. The van der Waals surface area contributed by atoms with Crippen LogP contribution in [-0.2, 0) is 9.53 Å². The first-order valence-electron chi connectivity index (χ1n) is 6.74. The van der Waals surface area contributed by atoms with Crippen molar-refractivity contribution in [2.45, 2.75) is 52.7 Å². The molecule has 1 aliphatic heterocycles. The zero-order valence-corrected chi connectivity index (χ0v) is 11.5. The van der Waals surface area contributed by atoms with E-state index in [0.29, 0.717) is 25.7 Å². The second-order valence-corrected chi connectivity index (χ2v) is 5.00. The van der Waals surface area contributed by atoms with Crippen molar-refractivity contribution in [3.8, 4) is 0 Å². The Morgan fingerprint density at radius 3 is 2.65 bits per heavy atom. The van der Waals surface area contributed by atoms with Crippen LogP contribution in [0.5, 0.6) is 0 Å². The van der Waals surface area contributed by atoms with Crippen molar-refractivity contribution in [3.63, 3.8) is 0 Å². The van der Waals surface area contributed by atoms with Gasteiger partial charge >= 0.3 is 0 Å². The lowest BCUT2D eigenvalue weighted by atomic mass is 10.1. The molecule has 0 bridgehead atoms. The van der Waals surface area contributed by atoms with Crippen molar-refractivity contribution in [1.29, 1.82) is 0 Å². The molecule has 17 heavy (non-hydrogen) atoms. The number of carbonyl (C=O) groups excluding carboxylic acids is 1. The molecule has 1 rings (SSSR count). The molecule has 4 heteroatoms. The predicted octanol–water partition coefficient (Wildman–Crippen LogP) is 1.61. The quantitative estimate of drug-likeness (QED) is 0.690. The fourth-order valence-corrected chi connectivity index (χ4v) is 2.25. The lowest BCUT2D eigenvalue weighted by Gasteiger charge is -2.25. The van der Waals surface area contributed by atoms with Crippen LogP contribution in [0.15, 0.2) is 0 Å². The van der Waals surface area contributed by atoms with E-state index < -0.39 is 0 Å². The Bertz CT molecular complexity index is 244. The highest BCUT2D eigenvalue weighted by Gasteiger charge is 2.37. The number of hydrogen-bond acceptors (Lipinski definition) is 3. The SMILES string of the molecule is CCOCCN1C(=O)C(CC)NC1CC(C)C. The number of nitrogens with zero attached hydrogens (tertiary/aromatic N) is 1. The average Bonchev–Trinajstić information content (AvgIpc) is 2.56. The molecule has 2 atom stereocenters. The standard InChI is InChI=1S/C13H26N2O2/c1-5-11-13(16)15(7-8-17-6-2)12(14-11)9-10(3)4/h10-12,14H,5-9H2,1-4H3. The number of rotatable bonds is 7. The fourth-order valence-electron chi connectivity index (χ4n) is 2.25. The Hall–Kier alpha value is -0.610. The normalized spacial score (nSPS) is 25.0. The molecule has 0 saturated carbocycles. The predicted molar refractivity (Wildman–Crippen MR) is 68.7 cm³/mol. The van der Waals surface area contributed by atoms with Gasteiger partial charge in [0.1, 0.15) is 0 Å². The van der Waals surface area contributed by atoms with Gasteiger partial charge in [0, 0.05) is 13.2 Å². The smallest absolute Gasteiger partial charge is 0.241 e. The maximum atomic E-state index is 12.1. The van der Waals surface area contributed by atoms with Gasteiger partial charge in [-0.05, 0) is 25.7 Å². The maximum Gasteiger partial charge on any atom is 0.241 e. The van der Waals surface area contributed by atoms with Gasteiger partial charge in [-0.15, -0.1) is 0 Å². The van der Waals surface area contributed by atoms with E-state index in [1.807, 2.05) is 18.7 Å². The molecule has 0 aromatic heterocycles. The van der Waals surface area contributed by atoms with Crippen LogP contribution in [0.25, 0.3) is 0 Å². The van der Waals surface area contributed by atoms with Gasteiger partial charge in [0.15, 0.2) is 0 Å². The molecule has 0 aliphatic carbocycles. The summed E-state index contributed by atoms with van der Waals surface area (Å²) >= 11 is 0. The fraction of sp³-hybridized carbons (Fsp3) is 0.923. The van der Waals surface area contributed by atoms with Crippen molar-refractivity contribution >= 4 is 5.91 Å². The van der Waals surface area contributed by atoms with Gasteiger partial charge in [0.25, 0.3) is 0 Å². The van der Waals surface area contributed by atoms with Crippen molar-refractivity contribution in [1.82, 2.24) is 10.2 Å². The van der Waals surface area contributed by atoms with Crippen LogP contribution < -0.4 is 5.32 Å².